The lowest BCUT2D eigenvalue weighted by atomic mass is 10.0. The Balaban J connectivity index is 1.85. The topological polar surface area (TPSA) is 57.5 Å². The highest BCUT2D eigenvalue weighted by Crippen LogP contribution is 2.37. The Labute approximate surface area is 174 Å². The molecule has 0 spiro atoms. The van der Waals surface area contributed by atoms with Crippen molar-refractivity contribution in [3.63, 3.8) is 0 Å². The molecular weight excluding hydrogens is 378 g/mol. The van der Waals surface area contributed by atoms with Gasteiger partial charge >= 0.3 is 11.9 Å². The number of fused-ring (bicyclic) bond motifs is 3. The summed E-state index contributed by atoms with van der Waals surface area (Å²) in [6.07, 6.45) is 0.172. The van der Waals surface area contributed by atoms with E-state index in [1.165, 1.54) is 0 Å². The van der Waals surface area contributed by atoms with E-state index in [0.29, 0.717) is 17.9 Å². The van der Waals surface area contributed by atoms with Gasteiger partial charge in [-0.15, -0.1) is 0 Å². The van der Waals surface area contributed by atoms with E-state index in [2.05, 4.69) is 0 Å². The smallest absolute Gasteiger partial charge is 0.340 e. The van der Waals surface area contributed by atoms with Gasteiger partial charge < -0.3 is 14.0 Å². The summed E-state index contributed by atoms with van der Waals surface area (Å²) in [7, 11) is 1.92. The van der Waals surface area contributed by atoms with Crippen LogP contribution in [-0.2, 0) is 23.0 Å². The second kappa shape index (κ2) is 8.03. The van der Waals surface area contributed by atoms with Crippen LogP contribution >= 0.6 is 0 Å². The number of ether oxygens (including phenoxy) is 2. The quantitative estimate of drug-likeness (QED) is 0.350. The fourth-order valence-corrected chi connectivity index (χ4v) is 3.88. The lowest BCUT2D eigenvalue weighted by molar-refractivity contribution is -0.133. The maximum absolute atomic E-state index is 12.7. The predicted octanol–water partition coefficient (Wildman–Crippen LogP) is 4.96. The highest BCUT2D eigenvalue weighted by atomic mass is 16.5. The molecule has 0 bridgehead atoms. The Morgan fingerprint density at radius 2 is 1.60 bits per heavy atom. The number of aromatic nitrogens is 1. The maximum Gasteiger partial charge on any atom is 0.340 e. The fourth-order valence-electron chi connectivity index (χ4n) is 3.88. The Morgan fingerprint density at radius 3 is 2.30 bits per heavy atom. The molecule has 0 saturated heterocycles. The molecular formula is C25H23NO4. The van der Waals surface area contributed by atoms with Gasteiger partial charge in [0.05, 0.1) is 24.1 Å². The maximum atomic E-state index is 12.7. The van der Waals surface area contributed by atoms with E-state index in [9.17, 15) is 9.59 Å². The first-order valence-electron chi connectivity index (χ1n) is 9.93. The van der Waals surface area contributed by atoms with Gasteiger partial charge in [-0.25, -0.2) is 4.79 Å². The first-order valence-corrected chi connectivity index (χ1v) is 9.93. The van der Waals surface area contributed by atoms with Gasteiger partial charge in [-0.2, -0.15) is 0 Å². The summed E-state index contributed by atoms with van der Waals surface area (Å²) in [5.74, 6) is -0.288. The molecule has 0 unspecified atom stereocenters. The van der Waals surface area contributed by atoms with Crippen molar-refractivity contribution in [1.29, 1.82) is 0 Å². The summed E-state index contributed by atoms with van der Waals surface area (Å²) in [6, 6.07) is 19.0. The molecule has 1 aromatic heterocycles. The normalized spacial score (nSPS) is 11.0. The zero-order valence-electron chi connectivity index (χ0n) is 17.3. The molecule has 5 nitrogen and oxygen atoms in total. The molecule has 0 amide bonds. The number of carbonyl (C=O) groups is 2. The van der Waals surface area contributed by atoms with Gasteiger partial charge in [0, 0.05) is 28.9 Å². The van der Waals surface area contributed by atoms with Crippen LogP contribution in [0.5, 0.6) is 5.75 Å². The Kier molecular flexibility index (Phi) is 5.27. The number of esters is 2. The molecule has 1 heterocycles. The third-order valence-corrected chi connectivity index (χ3v) is 5.34. The monoisotopic (exact) mass is 401 g/mol. The van der Waals surface area contributed by atoms with Gasteiger partial charge in [0.25, 0.3) is 0 Å². The zero-order valence-corrected chi connectivity index (χ0v) is 17.3. The van der Waals surface area contributed by atoms with Gasteiger partial charge in [0.1, 0.15) is 5.75 Å². The molecule has 4 aromatic rings. The molecule has 30 heavy (non-hydrogen) atoms. The molecule has 0 N–H and O–H groups in total. The van der Waals surface area contributed by atoms with Crippen LogP contribution < -0.4 is 4.74 Å². The van der Waals surface area contributed by atoms with Gasteiger partial charge in [-0.05, 0) is 25.5 Å². The number of benzene rings is 3. The number of aryl methyl sites for hydroxylation is 1. The zero-order chi connectivity index (χ0) is 21.3. The van der Waals surface area contributed by atoms with Crippen molar-refractivity contribution >= 4 is 33.6 Å². The van der Waals surface area contributed by atoms with Crippen molar-refractivity contribution in [1.82, 2.24) is 4.57 Å². The number of nitrogens with zero attached hydrogens (tertiary/aromatic N) is 1. The second-order valence-electron chi connectivity index (χ2n) is 7.19. The van der Waals surface area contributed by atoms with Gasteiger partial charge in [0.15, 0.2) is 0 Å². The molecule has 0 atom stereocenters. The summed E-state index contributed by atoms with van der Waals surface area (Å²) in [4.78, 5) is 25.3. The first-order chi connectivity index (χ1) is 14.5. The molecule has 3 aromatic carbocycles. The first kappa shape index (κ1) is 19.7. The standard InChI is InChI=1S/C25H23NO4/c1-4-29-25(28)23-16(2)26(3)24-19-13-9-8-12-18(19)21(15-20(23)24)30-22(27)14-17-10-6-5-7-11-17/h5-13,15H,4,14H2,1-3H3. The van der Waals surface area contributed by atoms with Crippen LogP contribution in [0, 0.1) is 6.92 Å². The number of hydrogen-bond acceptors (Lipinski definition) is 4. The van der Waals surface area contributed by atoms with Crippen LogP contribution in [0.1, 0.15) is 28.5 Å². The van der Waals surface area contributed by atoms with Crippen LogP contribution in [0.25, 0.3) is 21.7 Å². The lowest BCUT2D eigenvalue weighted by Crippen LogP contribution is -2.11. The summed E-state index contributed by atoms with van der Waals surface area (Å²) < 4.78 is 13.1. The highest BCUT2D eigenvalue weighted by molar-refractivity contribution is 6.16. The van der Waals surface area contributed by atoms with Crippen molar-refractivity contribution in [3.8, 4) is 5.75 Å². The van der Waals surface area contributed by atoms with Crippen molar-refractivity contribution in [2.75, 3.05) is 6.61 Å². The molecule has 0 aliphatic heterocycles. The second-order valence-corrected chi connectivity index (χ2v) is 7.19. The minimum absolute atomic E-state index is 0.172. The van der Waals surface area contributed by atoms with Crippen LogP contribution in [0.4, 0.5) is 0 Å². The highest BCUT2D eigenvalue weighted by Gasteiger charge is 2.23. The number of rotatable bonds is 5. The van der Waals surface area contributed by atoms with Gasteiger partial charge in [-0.3, -0.25) is 4.79 Å². The van der Waals surface area contributed by atoms with E-state index in [1.54, 1.807) is 13.0 Å². The van der Waals surface area contributed by atoms with E-state index >= 15 is 0 Å². The van der Waals surface area contributed by atoms with Crippen LogP contribution in [0.3, 0.4) is 0 Å². The molecule has 152 valence electrons. The SMILES string of the molecule is CCOC(=O)c1c(C)n(C)c2c1cc(OC(=O)Cc1ccccc1)c1ccccc12. The average molecular weight is 401 g/mol. The Morgan fingerprint density at radius 1 is 0.933 bits per heavy atom. The Hall–Kier alpha value is -3.60. The van der Waals surface area contributed by atoms with Gasteiger partial charge in [-0.1, -0.05) is 54.6 Å². The average Bonchev–Trinajstić information content (AvgIpc) is 2.99. The third-order valence-electron chi connectivity index (χ3n) is 5.34. The van der Waals surface area contributed by atoms with Crippen LogP contribution in [0.15, 0.2) is 60.7 Å². The summed E-state index contributed by atoms with van der Waals surface area (Å²) in [6.45, 7) is 3.97. The van der Waals surface area contributed by atoms with E-state index in [4.69, 9.17) is 9.47 Å². The summed E-state index contributed by atoms with van der Waals surface area (Å²) in [5.41, 5.74) is 3.10. The largest absolute Gasteiger partial charge is 0.462 e. The van der Waals surface area contributed by atoms with E-state index < -0.39 is 0 Å². The van der Waals surface area contributed by atoms with Gasteiger partial charge in [0.2, 0.25) is 0 Å². The van der Waals surface area contributed by atoms with Crippen LogP contribution in [0.2, 0.25) is 0 Å². The predicted molar refractivity (Wildman–Crippen MR) is 117 cm³/mol. The Bertz CT molecular complexity index is 1250. The summed E-state index contributed by atoms with van der Waals surface area (Å²) in [5, 5.41) is 2.45. The van der Waals surface area contributed by atoms with Crippen molar-refractivity contribution in [2.24, 2.45) is 7.05 Å². The molecule has 0 saturated carbocycles. The van der Waals surface area contributed by atoms with E-state index in [1.807, 2.05) is 73.1 Å². The van der Waals surface area contributed by atoms with Crippen LogP contribution in [-0.4, -0.2) is 23.1 Å². The summed E-state index contributed by atoms with van der Waals surface area (Å²) >= 11 is 0. The van der Waals surface area contributed by atoms with E-state index in [-0.39, 0.29) is 18.4 Å². The fraction of sp³-hybridized carbons (Fsp3) is 0.200. The van der Waals surface area contributed by atoms with Crippen molar-refractivity contribution < 1.29 is 19.1 Å². The molecule has 0 aliphatic rings. The molecule has 0 fully saturated rings. The number of hydrogen-bond donors (Lipinski definition) is 0. The van der Waals surface area contributed by atoms with Crippen molar-refractivity contribution in [3.05, 3.63) is 77.5 Å². The molecule has 0 radical (unpaired) electrons. The molecule has 0 aliphatic carbocycles. The minimum Gasteiger partial charge on any atom is -0.462 e. The van der Waals surface area contributed by atoms with Crippen molar-refractivity contribution in [2.45, 2.75) is 20.3 Å². The lowest BCUT2D eigenvalue weighted by Gasteiger charge is -2.11. The minimum atomic E-state index is -0.377. The molecule has 5 heteroatoms. The van der Waals surface area contributed by atoms with E-state index in [0.717, 1.165) is 32.9 Å². The molecule has 4 rings (SSSR count). The number of carbonyl (C=O) groups excluding carboxylic acids is 2. The third kappa shape index (κ3) is 3.43.